The van der Waals surface area contributed by atoms with Crippen LogP contribution in [0.15, 0.2) is 273 Å². The van der Waals surface area contributed by atoms with Gasteiger partial charge in [-0.1, -0.05) is 200 Å². The molecule has 0 N–H and O–H groups in total. The van der Waals surface area contributed by atoms with E-state index in [0.717, 1.165) is 93.9 Å². The molecule has 4 nitrogen and oxygen atoms in total. The van der Waals surface area contributed by atoms with Crippen LogP contribution in [0, 0.1) is 13.8 Å². The topological polar surface area (TPSA) is 46.6 Å². The number of rotatable bonds is 9. The fourth-order valence-corrected chi connectivity index (χ4v) is 15.9. The number of hydrogen-bond donors (Lipinski definition) is 0. The summed E-state index contributed by atoms with van der Waals surface area (Å²) < 4.78 is 40.1. The van der Waals surface area contributed by atoms with Crippen LogP contribution in [0.2, 0.25) is 0 Å². The fourth-order valence-electron chi connectivity index (χ4n) is 10.6. The third-order valence-electron chi connectivity index (χ3n) is 14.3. The first-order valence-corrected chi connectivity index (χ1v) is 28.4. The first kappa shape index (κ1) is 46.5. The lowest BCUT2D eigenvalue weighted by Crippen LogP contribution is -2.25. The molecule has 0 saturated heterocycles. The predicted octanol–water partition coefficient (Wildman–Crippen LogP) is 15.8. The molecule has 12 rings (SSSR count). The molecular formula is C68H51NO3P2. The Hall–Kier alpha value is -8.52. The Morgan fingerprint density at radius 1 is 0.297 bits per heavy atom. The fraction of sp³-hybridized carbons (Fsp3) is 0.0294. The van der Waals surface area contributed by atoms with Gasteiger partial charge >= 0.3 is 0 Å². The van der Waals surface area contributed by atoms with Crippen molar-refractivity contribution in [3.63, 3.8) is 0 Å². The van der Waals surface area contributed by atoms with E-state index in [1.165, 1.54) is 0 Å². The van der Waals surface area contributed by atoms with Crippen molar-refractivity contribution in [1.29, 1.82) is 0 Å². The van der Waals surface area contributed by atoms with Gasteiger partial charge in [-0.3, -0.25) is 0 Å². The van der Waals surface area contributed by atoms with E-state index >= 15 is 9.13 Å². The largest absolute Gasteiger partial charge is 0.456 e. The minimum Gasteiger partial charge on any atom is -0.456 e. The molecule has 0 amide bonds. The molecule has 0 fully saturated rings. The van der Waals surface area contributed by atoms with Gasteiger partial charge in [0.25, 0.3) is 0 Å². The molecule has 1 heterocycles. The zero-order chi connectivity index (χ0) is 50.2. The number of nitrogens with zero attached hydrogens (tertiary/aromatic N) is 1. The molecule has 0 atom stereocenters. The second-order valence-electron chi connectivity index (χ2n) is 18.8. The highest BCUT2D eigenvalue weighted by Gasteiger charge is 2.35. The van der Waals surface area contributed by atoms with Gasteiger partial charge < -0.3 is 18.8 Å². The standard InChI is InChI=1S/C68H51NO3P2/c1-48-22-18-20-34-59(48)50-36-40-65-61(44-50)63-46-57(73(70,53-26-10-4-11-27-53)54-28-12-5-13-29-54)38-42-67(63)72-68-43-39-58(74(71,55-30-14-6-15-31-55)56-32-16-7-17-33-56)47-64(68)62-45-51(60-35-21-19-23-49(60)2)37-41-66(62)69(65)52-24-8-3-9-25-52/h3-47H,1-2H3. The molecular weight excluding hydrogens is 941 g/mol. The zero-order valence-electron chi connectivity index (χ0n) is 41.0. The van der Waals surface area contributed by atoms with Gasteiger partial charge in [-0.15, -0.1) is 0 Å². The van der Waals surface area contributed by atoms with Crippen molar-refractivity contribution in [1.82, 2.24) is 0 Å². The number of para-hydroxylation sites is 1. The maximum Gasteiger partial charge on any atom is 0.171 e. The third kappa shape index (κ3) is 8.23. The molecule has 74 heavy (non-hydrogen) atoms. The lowest BCUT2D eigenvalue weighted by molar-refractivity contribution is 0.486. The van der Waals surface area contributed by atoms with Crippen molar-refractivity contribution in [2.45, 2.75) is 13.8 Å². The van der Waals surface area contributed by atoms with Crippen LogP contribution in [0.4, 0.5) is 17.1 Å². The molecule has 0 aliphatic carbocycles. The lowest BCUT2D eigenvalue weighted by atomic mass is 9.91. The van der Waals surface area contributed by atoms with Crippen molar-refractivity contribution in [3.05, 3.63) is 284 Å². The average molecular weight is 992 g/mol. The summed E-state index contributed by atoms with van der Waals surface area (Å²) in [5, 5.41) is 4.32. The van der Waals surface area contributed by atoms with Crippen LogP contribution in [0.1, 0.15) is 11.1 Å². The van der Waals surface area contributed by atoms with E-state index in [1.807, 2.05) is 152 Å². The maximum absolute atomic E-state index is 16.3. The molecule has 0 unspecified atom stereocenters. The Morgan fingerprint density at radius 2 is 0.635 bits per heavy atom. The second-order valence-corrected chi connectivity index (χ2v) is 24.3. The van der Waals surface area contributed by atoms with Gasteiger partial charge in [-0.25, -0.2) is 0 Å². The summed E-state index contributed by atoms with van der Waals surface area (Å²) in [6, 6.07) is 92.1. The molecule has 0 aromatic heterocycles. The van der Waals surface area contributed by atoms with Crippen LogP contribution >= 0.6 is 14.3 Å². The highest BCUT2D eigenvalue weighted by molar-refractivity contribution is 7.85. The smallest absolute Gasteiger partial charge is 0.171 e. The summed E-state index contributed by atoms with van der Waals surface area (Å²) in [5.74, 6) is 1.17. The molecule has 356 valence electrons. The van der Waals surface area contributed by atoms with Crippen molar-refractivity contribution in [2.75, 3.05) is 4.90 Å². The normalized spacial score (nSPS) is 12.1. The summed E-state index contributed by atoms with van der Waals surface area (Å²) >= 11 is 0. The number of aryl methyl sites for hydroxylation is 2. The lowest BCUT2D eigenvalue weighted by Gasteiger charge is -2.33. The van der Waals surface area contributed by atoms with Crippen molar-refractivity contribution < 1.29 is 13.9 Å². The van der Waals surface area contributed by atoms with Gasteiger partial charge in [0.15, 0.2) is 14.3 Å². The summed E-state index contributed by atoms with van der Waals surface area (Å²) in [4.78, 5) is 2.34. The maximum atomic E-state index is 16.3. The van der Waals surface area contributed by atoms with Crippen molar-refractivity contribution in [3.8, 4) is 56.0 Å². The van der Waals surface area contributed by atoms with E-state index in [9.17, 15) is 0 Å². The monoisotopic (exact) mass is 991 g/mol. The summed E-state index contributed by atoms with van der Waals surface area (Å²) in [5.41, 5.74) is 12.7. The molecule has 0 bridgehead atoms. The van der Waals surface area contributed by atoms with E-state index in [-0.39, 0.29) is 0 Å². The molecule has 6 heteroatoms. The minimum absolute atomic E-state index is 0.583. The van der Waals surface area contributed by atoms with Crippen LogP contribution in [0.5, 0.6) is 11.5 Å². The van der Waals surface area contributed by atoms with E-state index in [0.29, 0.717) is 22.1 Å². The highest BCUT2D eigenvalue weighted by atomic mass is 31.2. The van der Waals surface area contributed by atoms with Gasteiger partial charge in [0, 0.05) is 59.8 Å². The van der Waals surface area contributed by atoms with E-state index in [1.54, 1.807) is 0 Å². The summed E-state index contributed by atoms with van der Waals surface area (Å²) in [6.07, 6.45) is 0. The Bertz CT molecular complexity index is 3630. The van der Waals surface area contributed by atoms with Crippen LogP contribution in [0.25, 0.3) is 44.5 Å². The molecule has 0 spiro atoms. The Balaban J connectivity index is 1.21. The van der Waals surface area contributed by atoms with Gasteiger partial charge in [-0.2, -0.15) is 0 Å². The molecule has 1 aliphatic rings. The molecule has 11 aromatic carbocycles. The van der Waals surface area contributed by atoms with E-state index in [2.05, 4.69) is 140 Å². The highest BCUT2D eigenvalue weighted by Crippen LogP contribution is 2.54. The molecule has 0 saturated carbocycles. The number of anilines is 3. The van der Waals surface area contributed by atoms with Crippen molar-refractivity contribution >= 4 is 63.2 Å². The average Bonchev–Trinajstić information content (AvgIpc) is 3.46. The van der Waals surface area contributed by atoms with Gasteiger partial charge in [-0.05, 0) is 120 Å². The van der Waals surface area contributed by atoms with Crippen LogP contribution in [-0.2, 0) is 9.13 Å². The molecule has 1 aliphatic heterocycles. The second kappa shape index (κ2) is 19.5. The number of ether oxygens (including phenoxy) is 1. The summed E-state index contributed by atoms with van der Waals surface area (Å²) in [7, 11) is -6.94. The van der Waals surface area contributed by atoms with Crippen LogP contribution in [0.3, 0.4) is 0 Å². The Kier molecular flexibility index (Phi) is 12.3. The number of fused-ring (bicyclic) bond motifs is 6. The zero-order valence-corrected chi connectivity index (χ0v) is 42.8. The number of hydrogen-bond acceptors (Lipinski definition) is 4. The summed E-state index contributed by atoms with van der Waals surface area (Å²) in [6.45, 7) is 4.29. The molecule has 11 aromatic rings. The van der Waals surface area contributed by atoms with Crippen LogP contribution in [-0.4, -0.2) is 0 Å². The van der Waals surface area contributed by atoms with Crippen LogP contribution < -0.4 is 41.5 Å². The third-order valence-corrected chi connectivity index (χ3v) is 20.4. The molecule has 0 radical (unpaired) electrons. The van der Waals surface area contributed by atoms with Crippen molar-refractivity contribution in [2.24, 2.45) is 0 Å². The SMILES string of the molecule is Cc1ccccc1-c1ccc2c(c1)-c1cc(P(=O)(c3ccccc3)c3ccccc3)ccc1Oc1ccc(P(=O)(c3ccccc3)c3ccccc3)cc1-c1cc(-c3ccccc3C)ccc1N2c1ccccc1. The van der Waals surface area contributed by atoms with Gasteiger partial charge in [0.2, 0.25) is 0 Å². The van der Waals surface area contributed by atoms with E-state index < -0.39 is 14.3 Å². The van der Waals surface area contributed by atoms with E-state index in [4.69, 9.17) is 4.74 Å². The van der Waals surface area contributed by atoms with Gasteiger partial charge in [0.1, 0.15) is 11.5 Å². The van der Waals surface area contributed by atoms with Gasteiger partial charge in [0.05, 0.1) is 11.4 Å². The predicted molar refractivity (Wildman–Crippen MR) is 311 cm³/mol. The first-order chi connectivity index (χ1) is 36.3. The Labute approximate surface area is 433 Å². The quantitative estimate of drug-likeness (QED) is 0.135. The minimum atomic E-state index is -3.47. The first-order valence-electron chi connectivity index (χ1n) is 24.9. The number of benzene rings is 11. The Morgan fingerprint density at radius 3 is 1.00 bits per heavy atom.